The number of para-hydroxylation sites is 1. The van der Waals surface area contributed by atoms with Gasteiger partial charge in [-0.1, -0.05) is 18.2 Å². The Hall–Kier alpha value is -1.67. The van der Waals surface area contributed by atoms with E-state index in [1.807, 2.05) is 13.1 Å². The van der Waals surface area contributed by atoms with Crippen molar-refractivity contribution in [2.75, 3.05) is 51.4 Å². The number of amides is 1. The van der Waals surface area contributed by atoms with Gasteiger partial charge in [0.15, 0.2) is 0 Å². The molecular weight excluding hydrogens is 320 g/mol. The van der Waals surface area contributed by atoms with Crippen molar-refractivity contribution < 1.29 is 14.3 Å². The smallest absolute Gasteiger partial charge is 0.429 e. The Balaban J connectivity index is 0.000000271. The fraction of sp³-hybridized carbons (Fsp3) is 0.611. The van der Waals surface area contributed by atoms with Crippen molar-refractivity contribution in [2.24, 2.45) is 5.84 Å². The molecule has 1 aliphatic heterocycles. The maximum atomic E-state index is 11.5. The van der Waals surface area contributed by atoms with Gasteiger partial charge in [-0.2, -0.15) is 0 Å². The minimum Gasteiger partial charge on any atom is -0.442 e. The summed E-state index contributed by atoms with van der Waals surface area (Å²) in [4.78, 5) is 14.0. The van der Waals surface area contributed by atoms with Crippen LogP contribution in [-0.2, 0) is 9.47 Å². The number of hydrazine groups is 1. The molecule has 1 fully saturated rings. The summed E-state index contributed by atoms with van der Waals surface area (Å²) in [5, 5.41) is 4.12. The van der Waals surface area contributed by atoms with Gasteiger partial charge < -0.3 is 14.8 Å². The molecule has 1 aliphatic rings. The normalized spacial score (nSPS) is 15.1. The van der Waals surface area contributed by atoms with Crippen molar-refractivity contribution in [1.29, 1.82) is 0 Å². The van der Waals surface area contributed by atoms with Gasteiger partial charge >= 0.3 is 6.09 Å². The number of rotatable bonds is 4. The van der Waals surface area contributed by atoms with E-state index in [2.05, 4.69) is 10.2 Å². The van der Waals surface area contributed by atoms with Crippen molar-refractivity contribution in [3.8, 4) is 0 Å². The zero-order valence-corrected chi connectivity index (χ0v) is 15.8. The molecule has 0 atom stereocenters. The molecule has 0 aromatic heterocycles. The van der Waals surface area contributed by atoms with Crippen LogP contribution in [-0.4, -0.2) is 63.0 Å². The van der Waals surface area contributed by atoms with Crippen molar-refractivity contribution in [3.63, 3.8) is 0 Å². The summed E-state index contributed by atoms with van der Waals surface area (Å²) >= 11 is 0. The third kappa shape index (κ3) is 9.40. The van der Waals surface area contributed by atoms with Crippen LogP contribution in [0.5, 0.6) is 0 Å². The van der Waals surface area contributed by atoms with Gasteiger partial charge in [0.05, 0.1) is 18.9 Å². The number of carbonyl (C=O) groups is 1. The van der Waals surface area contributed by atoms with Crippen LogP contribution < -0.4 is 16.2 Å². The number of hydrogen-bond donors (Lipinski definition) is 2. The average molecular weight is 352 g/mol. The zero-order chi connectivity index (χ0) is 18.7. The predicted molar refractivity (Wildman–Crippen MR) is 101 cm³/mol. The summed E-state index contributed by atoms with van der Waals surface area (Å²) in [5.41, 5.74) is 0.0653. The fourth-order valence-corrected chi connectivity index (χ4v) is 2.10. The Morgan fingerprint density at radius 3 is 2.40 bits per heavy atom. The van der Waals surface area contributed by atoms with Crippen molar-refractivity contribution in [3.05, 3.63) is 30.3 Å². The molecule has 1 saturated heterocycles. The van der Waals surface area contributed by atoms with Crippen molar-refractivity contribution in [2.45, 2.75) is 26.4 Å². The van der Waals surface area contributed by atoms with Gasteiger partial charge in [-0.05, 0) is 40.0 Å². The lowest BCUT2D eigenvalue weighted by Gasteiger charge is -2.26. The SMILES string of the molecule is CC(C)(C)OC(=O)N(N)c1ccccc1.CNCCN1CCOCC1. The second kappa shape index (κ2) is 11.0. The predicted octanol–water partition coefficient (Wildman–Crippen LogP) is 1.84. The summed E-state index contributed by atoms with van der Waals surface area (Å²) in [5.74, 6) is 5.60. The molecule has 2 rings (SSSR count). The summed E-state index contributed by atoms with van der Waals surface area (Å²) < 4.78 is 10.3. The molecule has 0 spiro atoms. The van der Waals surface area contributed by atoms with E-state index in [1.54, 1.807) is 45.0 Å². The number of nitrogens with two attached hydrogens (primary N) is 1. The van der Waals surface area contributed by atoms with Gasteiger partial charge in [-0.3, -0.25) is 4.90 Å². The molecule has 3 N–H and O–H groups in total. The minimum atomic E-state index is -0.561. The van der Waals surface area contributed by atoms with Gasteiger partial charge in [0.25, 0.3) is 0 Å². The molecule has 0 saturated carbocycles. The molecule has 0 bridgehead atoms. The van der Waals surface area contributed by atoms with E-state index < -0.39 is 11.7 Å². The molecule has 1 heterocycles. The number of benzene rings is 1. The molecule has 1 aromatic carbocycles. The molecule has 0 aliphatic carbocycles. The number of hydrogen-bond acceptors (Lipinski definition) is 6. The monoisotopic (exact) mass is 352 g/mol. The van der Waals surface area contributed by atoms with E-state index >= 15 is 0 Å². The number of morpholine rings is 1. The highest BCUT2D eigenvalue weighted by atomic mass is 16.6. The Kier molecular flexibility index (Phi) is 9.44. The van der Waals surface area contributed by atoms with Crippen LogP contribution >= 0.6 is 0 Å². The van der Waals surface area contributed by atoms with E-state index in [0.29, 0.717) is 5.69 Å². The van der Waals surface area contributed by atoms with Crippen LogP contribution in [0.1, 0.15) is 20.8 Å². The molecule has 1 amide bonds. The standard InChI is InChI=1S/C11H16N2O2.C7H16N2O/c1-11(2,3)15-10(14)13(12)9-7-5-4-6-8-9;1-8-2-3-9-4-6-10-7-5-9/h4-8H,12H2,1-3H3;8H,2-7H2,1H3. The molecule has 0 radical (unpaired) electrons. The summed E-state index contributed by atoms with van der Waals surface area (Å²) in [6.07, 6.45) is -0.561. The first-order valence-corrected chi connectivity index (χ1v) is 8.61. The van der Waals surface area contributed by atoms with Crippen LogP contribution in [0.4, 0.5) is 10.5 Å². The van der Waals surface area contributed by atoms with E-state index in [-0.39, 0.29) is 0 Å². The summed E-state index contributed by atoms with van der Waals surface area (Å²) in [7, 11) is 1.99. The molecule has 25 heavy (non-hydrogen) atoms. The second-order valence-corrected chi connectivity index (χ2v) is 6.74. The van der Waals surface area contributed by atoms with E-state index in [0.717, 1.165) is 44.4 Å². The topological polar surface area (TPSA) is 80.1 Å². The Labute approximate surface area is 151 Å². The van der Waals surface area contributed by atoms with Crippen LogP contribution in [0.25, 0.3) is 0 Å². The largest absolute Gasteiger partial charge is 0.442 e. The third-order valence-corrected chi connectivity index (χ3v) is 3.41. The highest BCUT2D eigenvalue weighted by Gasteiger charge is 2.20. The lowest BCUT2D eigenvalue weighted by molar-refractivity contribution is 0.0386. The summed E-state index contributed by atoms with van der Waals surface area (Å²) in [6, 6.07) is 8.94. The molecule has 7 nitrogen and oxygen atoms in total. The number of carbonyl (C=O) groups excluding carboxylic acids is 1. The molecular formula is C18H32N4O3. The molecule has 0 unspecified atom stereocenters. The minimum absolute atomic E-state index is 0.538. The quantitative estimate of drug-likeness (QED) is 0.489. The van der Waals surface area contributed by atoms with E-state index in [1.165, 1.54) is 0 Å². The maximum absolute atomic E-state index is 11.5. The van der Waals surface area contributed by atoms with Crippen LogP contribution in [0.2, 0.25) is 0 Å². The van der Waals surface area contributed by atoms with E-state index in [4.69, 9.17) is 15.3 Å². The molecule has 7 heteroatoms. The number of nitrogens with one attached hydrogen (secondary N) is 1. The zero-order valence-electron chi connectivity index (χ0n) is 15.8. The van der Waals surface area contributed by atoms with Gasteiger partial charge in [-0.25, -0.2) is 15.6 Å². The fourth-order valence-electron chi connectivity index (χ4n) is 2.10. The lowest BCUT2D eigenvalue weighted by atomic mass is 10.2. The Bertz CT molecular complexity index is 485. The number of nitrogens with zero attached hydrogens (tertiary/aromatic N) is 2. The first-order chi connectivity index (χ1) is 11.8. The van der Waals surface area contributed by atoms with Crippen LogP contribution in [0.3, 0.4) is 0 Å². The molecule has 1 aromatic rings. The first-order valence-electron chi connectivity index (χ1n) is 8.61. The van der Waals surface area contributed by atoms with Gasteiger partial charge in [0.1, 0.15) is 5.60 Å². The highest BCUT2D eigenvalue weighted by molar-refractivity contribution is 5.86. The first kappa shape index (κ1) is 21.4. The van der Waals surface area contributed by atoms with Crippen LogP contribution in [0.15, 0.2) is 30.3 Å². The maximum Gasteiger partial charge on any atom is 0.429 e. The number of ether oxygens (including phenoxy) is 2. The van der Waals surface area contributed by atoms with Gasteiger partial charge in [0, 0.05) is 26.2 Å². The van der Waals surface area contributed by atoms with Crippen molar-refractivity contribution in [1.82, 2.24) is 10.2 Å². The number of anilines is 1. The second-order valence-electron chi connectivity index (χ2n) is 6.74. The molecule has 142 valence electrons. The Morgan fingerprint density at radius 1 is 1.28 bits per heavy atom. The average Bonchev–Trinajstić information content (AvgIpc) is 2.60. The van der Waals surface area contributed by atoms with Gasteiger partial charge in [-0.15, -0.1) is 0 Å². The highest BCUT2D eigenvalue weighted by Crippen LogP contribution is 2.14. The Morgan fingerprint density at radius 2 is 1.88 bits per heavy atom. The lowest BCUT2D eigenvalue weighted by Crippen LogP contribution is -2.41. The number of likely N-dealkylation sites (N-methyl/N-ethyl adjacent to an activating group) is 1. The third-order valence-electron chi connectivity index (χ3n) is 3.41. The van der Waals surface area contributed by atoms with Gasteiger partial charge in [0.2, 0.25) is 0 Å². The van der Waals surface area contributed by atoms with Crippen LogP contribution in [0, 0.1) is 0 Å². The van der Waals surface area contributed by atoms with E-state index in [9.17, 15) is 4.79 Å². The van der Waals surface area contributed by atoms with Crippen molar-refractivity contribution >= 4 is 11.8 Å². The summed E-state index contributed by atoms with van der Waals surface area (Å²) in [6.45, 7) is 11.6.